The van der Waals surface area contributed by atoms with Crippen molar-refractivity contribution in [3.63, 3.8) is 0 Å². The SMILES string of the molecule is CCC[C@H](OC(C)=O)[C@H](OC(C)=O)[C@H](OC(C)=O)[C@H](OC(C)=O)[C@H](OC(C)=O)[C@@H](CCCC(=O)OC)OC(C)=O. The van der Waals surface area contributed by atoms with E-state index >= 15 is 0 Å². The van der Waals surface area contributed by atoms with E-state index in [0.29, 0.717) is 6.42 Å². The maximum Gasteiger partial charge on any atom is 0.305 e. The second-order valence-electron chi connectivity index (χ2n) is 8.85. The summed E-state index contributed by atoms with van der Waals surface area (Å²) in [7, 11) is 1.19. The van der Waals surface area contributed by atoms with Gasteiger partial charge < -0.3 is 33.2 Å². The number of esters is 7. The molecule has 0 spiro atoms. The Labute approximate surface area is 233 Å². The van der Waals surface area contributed by atoms with E-state index in [-0.39, 0.29) is 25.7 Å². The molecule has 0 unspecified atom stereocenters. The van der Waals surface area contributed by atoms with Gasteiger partial charge in [-0.2, -0.15) is 0 Å². The van der Waals surface area contributed by atoms with Gasteiger partial charge in [-0.05, 0) is 19.3 Å². The molecule has 0 aromatic carbocycles. The van der Waals surface area contributed by atoms with Crippen LogP contribution in [0.5, 0.6) is 0 Å². The molecule has 14 nitrogen and oxygen atoms in total. The molecular formula is C26H40O14. The molecule has 0 aromatic rings. The fourth-order valence-corrected chi connectivity index (χ4v) is 3.96. The zero-order valence-corrected chi connectivity index (χ0v) is 24.2. The summed E-state index contributed by atoms with van der Waals surface area (Å²) in [5.74, 6) is -5.66. The lowest BCUT2D eigenvalue weighted by molar-refractivity contribution is -0.219. The molecule has 0 aliphatic heterocycles. The Bertz CT molecular complexity index is 898. The van der Waals surface area contributed by atoms with Crippen molar-refractivity contribution in [3.8, 4) is 0 Å². The molecule has 0 aliphatic rings. The fraction of sp³-hybridized carbons (Fsp3) is 0.731. The Morgan fingerprint density at radius 3 is 1.12 bits per heavy atom. The van der Waals surface area contributed by atoms with Gasteiger partial charge in [-0.15, -0.1) is 0 Å². The van der Waals surface area contributed by atoms with Gasteiger partial charge in [0.1, 0.15) is 12.2 Å². The van der Waals surface area contributed by atoms with Crippen LogP contribution < -0.4 is 0 Å². The van der Waals surface area contributed by atoms with Crippen LogP contribution in [0, 0.1) is 0 Å². The number of carbonyl (C=O) groups excluding carboxylic acids is 7. The van der Waals surface area contributed by atoms with Crippen LogP contribution in [0.2, 0.25) is 0 Å². The highest BCUT2D eigenvalue weighted by Crippen LogP contribution is 2.28. The van der Waals surface area contributed by atoms with E-state index in [9.17, 15) is 33.6 Å². The number of hydrogen-bond acceptors (Lipinski definition) is 14. The molecule has 228 valence electrons. The highest BCUT2D eigenvalue weighted by atomic mass is 16.6. The second kappa shape index (κ2) is 18.6. The summed E-state index contributed by atoms with van der Waals surface area (Å²) in [4.78, 5) is 84.4. The molecule has 0 heterocycles. The molecule has 0 N–H and O–H groups in total. The minimum atomic E-state index is -1.73. The lowest BCUT2D eigenvalue weighted by Gasteiger charge is -2.39. The zero-order chi connectivity index (χ0) is 31.0. The summed E-state index contributed by atoms with van der Waals surface area (Å²) >= 11 is 0. The Hall–Kier alpha value is -3.71. The predicted molar refractivity (Wildman–Crippen MR) is 134 cm³/mol. The first-order valence-corrected chi connectivity index (χ1v) is 12.7. The first kappa shape index (κ1) is 36.3. The lowest BCUT2D eigenvalue weighted by atomic mass is 9.91. The zero-order valence-electron chi connectivity index (χ0n) is 24.2. The molecule has 6 atom stereocenters. The van der Waals surface area contributed by atoms with Crippen LogP contribution in [0.4, 0.5) is 0 Å². The average molecular weight is 577 g/mol. The second-order valence-corrected chi connectivity index (χ2v) is 8.85. The number of carbonyl (C=O) groups is 7. The van der Waals surface area contributed by atoms with Crippen LogP contribution in [0.3, 0.4) is 0 Å². The summed E-state index contributed by atoms with van der Waals surface area (Å²) in [5.41, 5.74) is 0. The van der Waals surface area contributed by atoms with Gasteiger partial charge in [0, 0.05) is 48.0 Å². The topological polar surface area (TPSA) is 184 Å². The fourth-order valence-electron chi connectivity index (χ4n) is 3.96. The van der Waals surface area contributed by atoms with E-state index in [1.54, 1.807) is 6.92 Å². The molecule has 0 fully saturated rings. The van der Waals surface area contributed by atoms with Gasteiger partial charge >= 0.3 is 41.8 Å². The van der Waals surface area contributed by atoms with Gasteiger partial charge in [0.05, 0.1) is 7.11 Å². The maximum absolute atomic E-state index is 12.3. The highest BCUT2D eigenvalue weighted by Gasteiger charge is 2.50. The molecule has 0 bridgehead atoms. The van der Waals surface area contributed by atoms with Crippen molar-refractivity contribution < 1.29 is 66.7 Å². The molecule has 0 radical (unpaired) electrons. The van der Waals surface area contributed by atoms with E-state index in [4.69, 9.17) is 28.4 Å². The summed E-state index contributed by atoms with van der Waals surface area (Å²) in [6.07, 6.45) is -8.63. The molecule has 40 heavy (non-hydrogen) atoms. The first-order valence-electron chi connectivity index (χ1n) is 12.7. The minimum absolute atomic E-state index is 0.0856. The average Bonchev–Trinajstić information content (AvgIpc) is 2.81. The third-order valence-corrected chi connectivity index (χ3v) is 5.22. The van der Waals surface area contributed by atoms with E-state index < -0.39 is 78.4 Å². The van der Waals surface area contributed by atoms with E-state index in [1.807, 2.05) is 0 Å². The van der Waals surface area contributed by atoms with E-state index in [0.717, 1.165) is 41.5 Å². The normalized spacial score (nSPS) is 15.1. The number of rotatable bonds is 17. The summed E-state index contributed by atoms with van der Waals surface area (Å²) < 4.78 is 37.2. The van der Waals surface area contributed by atoms with Crippen LogP contribution >= 0.6 is 0 Å². The van der Waals surface area contributed by atoms with Crippen LogP contribution in [-0.4, -0.2) is 85.5 Å². The van der Waals surface area contributed by atoms with Crippen LogP contribution in [0.1, 0.15) is 80.6 Å². The molecule has 0 rings (SSSR count). The number of methoxy groups -OCH3 is 1. The van der Waals surface area contributed by atoms with Crippen molar-refractivity contribution in [2.45, 2.75) is 117 Å². The minimum Gasteiger partial charge on any atom is -0.469 e. The standard InChI is InChI=1S/C26H40O14/c1-9-11-20(35-14(2)27)23(37-16(4)29)25(39-18(6)31)26(40-19(7)32)24(38-17(5)30)21(36-15(3)28)12-10-13-22(33)34-8/h20-21,23-26H,9-13H2,1-8H3/t20-,21+,23-,24+,25-,26+/m0/s1. The molecule has 0 aliphatic carbocycles. The monoisotopic (exact) mass is 576 g/mol. The lowest BCUT2D eigenvalue weighted by Crippen LogP contribution is -2.58. The van der Waals surface area contributed by atoms with Gasteiger partial charge in [0.15, 0.2) is 24.4 Å². The van der Waals surface area contributed by atoms with Gasteiger partial charge in [0.25, 0.3) is 0 Å². The van der Waals surface area contributed by atoms with Crippen molar-refractivity contribution in [3.05, 3.63) is 0 Å². The Kier molecular flexibility index (Phi) is 16.8. The summed E-state index contributed by atoms with van der Waals surface area (Å²) in [6.45, 7) is 8.13. The first-order chi connectivity index (χ1) is 18.6. The maximum atomic E-state index is 12.3. The third kappa shape index (κ3) is 14.4. The molecule has 0 aromatic heterocycles. The smallest absolute Gasteiger partial charge is 0.305 e. The van der Waals surface area contributed by atoms with Gasteiger partial charge in [0.2, 0.25) is 0 Å². The van der Waals surface area contributed by atoms with Gasteiger partial charge in [-0.25, -0.2) is 0 Å². The Morgan fingerprint density at radius 1 is 0.500 bits per heavy atom. The van der Waals surface area contributed by atoms with Crippen molar-refractivity contribution in [1.29, 1.82) is 0 Å². The highest BCUT2D eigenvalue weighted by molar-refractivity contribution is 5.70. The molecule has 0 amide bonds. The predicted octanol–water partition coefficient (Wildman–Crippen LogP) is 1.72. The number of hydrogen-bond donors (Lipinski definition) is 0. The molecule has 14 heteroatoms. The largest absolute Gasteiger partial charge is 0.469 e. The Morgan fingerprint density at radius 2 is 0.825 bits per heavy atom. The summed E-state index contributed by atoms with van der Waals surface area (Å²) in [6, 6.07) is 0. The van der Waals surface area contributed by atoms with Crippen molar-refractivity contribution in [2.24, 2.45) is 0 Å². The van der Waals surface area contributed by atoms with Crippen LogP contribution in [0.25, 0.3) is 0 Å². The summed E-state index contributed by atoms with van der Waals surface area (Å²) in [5, 5.41) is 0. The molecule has 0 saturated heterocycles. The quantitative estimate of drug-likeness (QED) is 0.180. The van der Waals surface area contributed by atoms with Gasteiger partial charge in [-0.1, -0.05) is 13.3 Å². The molecular weight excluding hydrogens is 536 g/mol. The van der Waals surface area contributed by atoms with Crippen molar-refractivity contribution >= 4 is 41.8 Å². The van der Waals surface area contributed by atoms with Crippen molar-refractivity contribution in [2.75, 3.05) is 7.11 Å². The van der Waals surface area contributed by atoms with E-state index in [1.165, 1.54) is 7.11 Å². The van der Waals surface area contributed by atoms with Gasteiger partial charge in [-0.3, -0.25) is 33.6 Å². The third-order valence-electron chi connectivity index (χ3n) is 5.22. The van der Waals surface area contributed by atoms with E-state index in [2.05, 4.69) is 4.74 Å². The number of ether oxygens (including phenoxy) is 7. The van der Waals surface area contributed by atoms with Crippen LogP contribution in [-0.2, 0) is 66.7 Å². The molecule has 0 saturated carbocycles. The van der Waals surface area contributed by atoms with Crippen LogP contribution in [0.15, 0.2) is 0 Å². The van der Waals surface area contributed by atoms with Crippen molar-refractivity contribution in [1.82, 2.24) is 0 Å². The Balaban J connectivity index is 7.07.